The lowest BCUT2D eigenvalue weighted by Gasteiger charge is -2.14. The molecular weight excluding hydrogens is 338 g/mol. The number of carbonyl (C=O) groups excluding carboxylic acids is 1. The summed E-state index contributed by atoms with van der Waals surface area (Å²) in [6.07, 6.45) is 3.20. The Kier molecular flexibility index (Phi) is 5.18. The SMILES string of the molecule is CCOc1ccccc1NC(=O)C(C)Sc1ncnc2c1cnn2C. The largest absolute Gasteiger partial charge is 0.492 e. The van der Waals surface area contributed by atoms with Gasteiger partial charge in [0.15, 0.2) is 5.65 Å². The van der Waals surface area contributed by atoms with E-state index in [1.54, 1.807) is 10.9 Å². The number of benzene rings is 1. The number of aromatic nitrogens is 4. The third-order valence-corrected chi connectivity index (χ3v) is 4.71. The highest BCUT2D eigenvalue weighted by atomic mass is 32.2. The number of nitrogens with zero attached hydrogens (tertiary/aromatic N) is 4. The summed E-state index contributed by atoms with van der Waals surface area (Å²) in [5, 5.41) is 8.34. The Bertz CT molecular complexity index is 896. The van der Waals surface area contributed by atoms with Gasteiger partial charge in [-0.05, 0) is 26.0 Å². The number of amides is 1. The number of hydrogen-bond acceptors (Lipinski definition) is 6. The number of thioether (sulfide) groups is 1. The van der Waals surface area contributed by atoms with E-state index in [0.717, 1.165) is 16.1 Å². The fourth-order valence-electron chi connectivity index (χ4n) is 2.34. The van der Waals surface area contributed by atoms with E-state index in [4.69, 9.17) is 4.74 Å². The molecule has 0 bridgehead atoms. The lowest BCUT2D eigenvalue weighted by atomic mass is 10.3. The van der Waals surface area contributed by atoms with Gasteiger partial charge in [0.05, 0.1) is 29.1 Å². The van der Waals surface area contributed by atoms with Gasteiger partial charge in [-0.15, -0.1) is 0 Å². The Morgan fingerprint density at radius 1 is 1.36 bits per heavy atom. The fraction of sp³-hybridized carbons (Fsp3) is 0.294. The molecule has 3 rings (SSSR count). The van der Waals surface area contributed by atoms with Crippen LogP contribution < -0.4 is 10.1 Å². The second-order valence-electron chi connectivity index (χ2n) is 5.36. The normalized spacial score (nSPS) is 12.1. The molecule has 0 fully saturated rings. The second-order valence-corrected chi connectivity index (χ2v) is 6.69. The van der Waals surface area contributed by atoms with Crippen LogP contribution in [0.3, 0.4) is 0 Å². The summed E-state index contributed by atoms with van der Waals surface area (Å²) in [7, 11) is 1.82. The zero-order valence-corrected chi connectivity index (χ0v) is 15.1. The fourth-order valence-corrected chi connectivity index (χ4v) is 3.22. The average Bonchev–Trinajstić information content (AvgIpc) is 2.99. The minimum atomic E-state index is -0.340. The van der Waals surface area contributed by atoms with Crippen molar-refractivity contribution in [3.05, 3.63) is 36.8 Å². The quantitative estimate of drug-likeness (QED) is 0.540. The van der Waals surface area contributed by atoms with Crippen LogP contribution in [0.2, 0.25) is 0 Å². The number of rotatable bonds is 6. The first-order chi connectivity index (χ1) is 12.1. The van der Waals surface area contributed by atoms with Gasteiger partial charge in [-0.25, -0.2) is 9.97 Å². The van der Waals surface area contributed by atoms with Crippen molar-refractivity contribution in [2.24, 2.45) is 7.05 Å². The van der Waals surface area contributed by atoms with Crippen molar-refractivity contribution < 1.29 is 9.53 Å². The summed E-state index contributed by atoms with van der Waals surface area (Å²) in [6.45, 7) is 4.29. The van der Waals surface area contributed by atoms with Crippen molar-refractivity contribution >= 4 is 34.4 Å². The number of aryl methyl sites for hydroxylation is 1. The molecule has 0 saturated carbocycles. The van der Waals surface area contributed by atoms with E-state index < -0.39 is 0 Å². The van der Waals surface area contributed by atoms with Crippen LogP contribution in [0.15, 0.2) is 41.8 Å². The van der Waals surface area contributed by atoms with Crippen molar-refractivity contribution in [1.82, 2.24) is 19.7 Å². The minimum absolute atomic E-state index is 0.118. The Balaban J connectivity index is 1.75. The predicted octanol–water partition coefficient (Wildman–Crippen LogP) is 2.88. The molecule has 8 heteroatoms. The summed E-state index contributed by atoms with van der Waals surface area (Å²) >= 11 is 1.38. The first-order valence-corrected chi connectivity index (χ1v) is 8.80. The molecule has 1 N–H and O–H groups in total. The lowest BCUT2D eigenvalue weighted by molar-refractivity contribution is -0.115. The molecule has 3 aromatic rings. The Morgan fingerprint density at radius 2 is 2.16 bits per heavy atom. The van der Waals surface area contributed by atoms with Gasteiger partial charge in [0.2, 0.25) is 5.91 Å². The van der Waals surface area contributed by atoms with Crippen LogP contribution in [0.25, 0.3) is 11.0 Å². The lowest BCUT2D eigenvalue weighted by Crippen LogP contribution is -2.23. The molecule has 0 aliphatic heterocycles. The predicted molar refractivity (Wildman–Crippen MR) is 97.9 cm³/mol. The molecule has 1 unspecified atom stereocenters. The van der Waals surface area contributed by atoms with Crippen LogP contribution >= 0.6 is 11.8 Å². The molecule has 0 aliphatic carbocycles. The van der Waals surface area contributed by atoms with Gasteiger partial charge in [0.1, 0.15) is 17.1 Å². The number of fused-ring (bicyclic) bond motifs is 1. The standard InChI is InChI=1S/C17H19N5O2S/c1-4-24-14-8-6-5-7-13(14)21-16(23)11(2)25-17-12-9-20-22(3)15(12)18-10-19-17/h5-11H,4H2,1-3H3,(H,21,23). The van der Waals surface area contributed by atoms with E-state index in [-0.39, 0.29) is 11.2 Å². The summed E-state index contributed by atoms with van der Waals surface area (Å²) in [5.41, 5.74) is 1.41. The molecule has 25 heavy (non-hydrogen) atoms. The number of para-hydroxylation sites is 2. The highest BCUT2D eigenvalue weighted by Crippen LogP contribution is 2.29. The average molecular weight is 357 g/mol. The third kappa shape index (κ3) is 3.74. The highest BCUT2D eigenvalue weighted by Gasteiger charge is 2.19. The number of hydrogen-bond donors (Lipinski definition) is 1. The molecule has 7 nitrogen and oxygen atoms in total. The zero-order chi connectivity index (χ0) is 17.8. The highest BCUT2D eigenvalue weighted by molar-refractivity contribution is 8.00. The van der Waals surface area contributed by atoms with Gasteiger partial charge in [0.25, 0.3) is 0 Å². The second kappa shape index (κ2) is 7.52. The van der Waals surface area contributed by atoms with Gasteiger partial charge in [-0.1, -0.05) is 23.9 Å². The maximum atomic E-state index is 12.6. The number of nitrogens with one attached hydrogen (secondary N) is 1. The molecule has 2 heterocycles. The molecule has 2 aromatic heterocycles. The Morgan fingerprint density at radius 3 is 2.96 bits per heavy atom. The molecule has 1 atom stereocenters. The number of carbonyl (C=O) groups is 1. The van der Waals surface area contributed by atoms with E-state index in [0.29, 0.717) is 18.0 Å². The molecule has 0 aliphatic rings. The maximum absolute atomic E-state index is 12.6. The smallest absolute Gasteiger partial charge is 0.237 e. The number of anilines is 1. The molecule has 0 saturated heterocycles. The third-order valence-electron chi connectivity index (χ3n) is 3.60. The van der Waals surface area contributed by atoms with Crippen LogP contribution in [0.1, 0.15) is 13.8 Å². The van der Waals surface area contributed by atoms with E-state index in [2.05, 4.69) is 20.4 Å². The molecule has 1 amide bonds. The minimum Gasteiger partial charge on any atom is -0.492 e. The van der Waals surface area contributed by atoms with Crippen LogP contribution in [0.5, 0.6) is 5.75 Å². The first kappa shape index (κ1) is 17.2. The van der Waals surface area contributed by atoms with Crippen molar-refractivity contribution in [1.29, 1.82) is 0 Å². The van der Waals surface area contributed by atoms with Gasteiger partial charge < -0.3 is 10.1 Å². The molecule has 1 aromatic carbocycles. The van der Waals surface area contributed by atoms with Gasteiger partial charge in [-0.2, -0.15) is 5.10 Å². The van der Waals surface area contributed by atoms with Gasteiger partial charge in [0, 0.05) is 7.05 Å². The van der Waals surface area contributed by atoms with E-state index in [1.165, 1.54) is 18.1 Å². The van der Waals surface area contributed by atoms with Crippen molar-refractivity contribution in [3.63, 3.8) is 0 Å². The van der Waals surface area contributed by atoms with E-state index >= 15 is 0 Å². The molecule has 0 spiro atoms. The summed E-state index contributed by atoms with van der Waals surface area (Å²) in [5.74, 6) is 0.542. The van der Waals surface area contributed by atoms with Crippen molar-refractivity contribution in [3.8, 4) is 5.75 Å². The van der Waals surface area contributed by atoms with Crippen LogP contribution in [0, 0.1) is 0 Å². The van der Waals surface area contributed by atoms with Crippen LogP contribution in [-0.2, 0) is 11.8 Å². The summed E-state index contributed by atoms with van der Waals surface area (Å²) in [4.78, 5) is 21.1. The summed E-state index contributed by atoms with van der Waals surface area (Å²) < 4.78 is 7.23. The van der Waals surface area contributed by atoms with Gasteiger partial charge in [-0.3, -0.25) is 9.48 Å². The Hall–Kier alpha value is -2.61. The van der Waals surface area contributed by atoms with Crippen molar-refractivity contribution in [2.45, 2.75) is 24.1 Å². The van der Waals surface area contributed by atoms with Gasteiger partial charge >= 0.3 is 0 Å². The zero-order valence-electron chi connectivity index (χ0n) is 14.3. The van der Waals surface area contributed by atoms with Crippen LogP contribution in [0.4, 0.5) is 5.69 Å². The maximum Gasteiger partial charge on any atom is 0.237 e. The van der Waals surface area contributed by atoms with Crippen molar-refractivity contribution in [2.75, 3.05) is 11.9 Å². The first-order valence-electron chi connectivity index (χ1n) is 7.92. The summed E-state index contributed by atoms with van der Waals surface area (Å²) in [6, 6.07) is 7.39. The van der Waals surface area contributed by atoms with Crippen LogP contribution in [-0.4, -0.2) is 37.5 Å². The molecular formula is C17H19N5O2S. The topological polar surface area (TPSA) is 81.9 Å². The monoisotopic (exact) mass is 357 g/mol. The Labute approximate surface area is 149 Å². The van der Waals surface area contributed by atoms with E-state index in [1.807, 2.05) is 45.2 Å². The molecule has 130 valence electrons. The number of ether oxygens (including phenoxy) is 1. The molecule has 0 radical (unpaired) electrons. The van der Waals surface area contributed by atoms with E-state index in [9.17, 15) is 4.79 Å².